The molecule has 6 heteroatoms. The number of rotatable bonds is 1. The minimum Gasteiger partial charge on any atom is -0.291 e. The molecule has 1 aliphatic heterocycles. The second kappa shape index (κ2) is 3.50. The minimum absolute atomic E-state index is 0.770. The Kier molecular flexibility index (Phi) is 2.48. The molecule has 2 heterocycles. The lowest BCUT2D eigenvalue weighted by molar-refractivity contribution is 0.481. The van der Waals surface area contributed by atoms with E-state index in [1.807, 2.05) is 18.7 Å². The number of aliphatic imine (C=N–C) groups is 1. The standard InChI is InChI=1S/C8H12IN5/c1-5-6(9)7(13(2)12-5)8-11-3-4-14(8)10/h3-4,10H2,1-2H3. The summed E-state index contributed by atoms with van der Waals surface area (Å²) in [6.07, 6.45) is 0. The molecule has 0 aliphatic carbocycles. The van der Waals surface area contributed by atoms with E-state index >= 15 is 0 Å². The van der Waals surface area contributed by atoms with Crippen molar-refractivity contribution in [1.82, 2.24) is 14.8 Å². The number of aryl methyl sites for hydroxylation is 2. The molecule has 5 nitrogen and oxygen atoms in total. The van der Waals surface area contributed by atoms with Crippen molar-refractivity contribution in [3.8, 4) is 0 Å². The van der Waals surface area contributed by atoms with Crippen LogP contribution in [-0.2, 0) is 7.05 Å². The van der Waals surface area contributed by atoms with E-state index in [9.17, 15) is 0 Å². The first-order valence-electron chi connectivity index (χ1n) is 4.37. The van der Waals surface area contributed by atoms with Gasteiger partial charge in [-0.1, -0.05) is 0 Å². The molecular formula is C8H12IN5. The Balaban J connectivity index is 2.50. The zero-order valence-corrected chi connectivity index (χ0v) is 10.3. The van der Waals surface area contributed by atoms with Crippen LogP contribution in [0, 0.1) is 10.5 Å². The van der Waals surface area contributed by atoms with Crippen LogP contribution in [0.2, 0.25) is 0 Å². The van der Waals surface area contributed by atoms with Gasteiger partial charge in [-0.15, -0.1) is 0 Å². The molecule has 0 bridgehead atoms. The van der Waals surface area contributed by atoms with E-state index < -0.39 is 0 Å². The fraction of sp³-hybridized carbons (Fsp3) is 0.500. The van der Waals surface area contributed by atoms with Gasteiger partial charge in [-0.2, -0.15) is 5.10 Å². The summed E-state index contributed by atoms with van der Waals surface area (Å²) in [6.45, 7) is 3.55. The summed E-state index contributed by atoms with van der Waals surface area (Å²) in [4.78, 5) is 4.37. The fourth-order valence-electron chi connectivity index (χ4n) is 1.55. The van der Waals surface area contributed by atoms with E-state index in [0.717, 1.165) is 33.9 Å². The number of halogens is 1. The summed E-state index contributed by atoms with van der Waals surface area (Å²) in [5.41, 5.74) is 2.04. The van der Waals surface area contributed by atoms with E-state index in [1.165, 1.54) is 0 Å². The molecule has 0 saturated carbocycles. The first kappa shape index (κ1) is 9.91. The Morgan fingerprint density at radius 1 is 1.50 bits per heavy atom. The van der Waals surface area contributed by atoms with Crippen molar-refractivity contribution in [2.24, 2.45) is 17.9 Å². The van der Waals surface area contributed by atoms with Crippen LogP contribution in [0.15, 0.2) is 4.99 Å². The average Bonchev–Trinajstić information content (AvgIpc) is 2.60. The Labute approximate surface area is 96.1 Å². The van der Waals surface area contributed by atoms with Gasteiger partial charge in [-0.3, -0.25) is 14.7 Å². The molecule has 0 saturated heterocycles. The summed E-state index contributed by atoms with van der Waals surface area (Å²) in [5.74, 6) is 6.66. The number of aromatic nitrogens is 2. The number of hydrogen-bond acceptors (Lipinski definition) is 4. The number of nitrogens with zero attached hydrogens (tertiary/aromatic N) is 4. The van der Waals surface area contributed by atoms with E-state index in [1.54, 1.807) is 5.01 Å². The lowest BCUT2D eigenvalue weighted by Crippen LogP contribution is -2.36. The predicted octanol–water partition coefficient (Wildman–Crippen LogP) is 0.269. The summed E-state index contributed by atoms with van der Waals surface area (Å²) < 4.78 is 2.96. The monoisotopic (exact) mass is 305 g/mol. The molecule has 0 atom stereocenters. The average molecular weight is 305 g/mol. The molecule has 2 rings (SSSR count). The van der Waals surface area contributed by atoms with Crippen molar-refractivity contribution in [1.29, 1.82) is 0 Å². The third kappa shape index (κ3) is 1.42. The first-order chi connectivity index (χ1) is 6.61. The van der Waals surface area contributed by atoms with Crippen molar-refractivity contribution in [2.75, 3.05) is 13.1 Å². The zero-order chi connectivity index (χ0) is 10.3. The topological polar surface area (TPSA) is 59.4 Å². The van der Waals surface area contributed by atoms with Gasteiger partial charge in [0, 0.05) is 7.05 Å². The number of hydrazine groups is 1. The van der Waals surface area contributed by atoms with Gasteiger partial charge in [-0.05, 0) is 29.5 Å². The maximum atomic E-state index is 5.82. The number of amidine groups is 1. The summed E-state index contributed by atoms with van der Waals surface area (Å²) in [5, 5.41) is 6.01. The Morgan fingerprint density at radius 3 is 2.64 bits per heavy atom. The SMILES string of the molecule is Cc1nn(C)c(C2=NCCN2N)c1I. The van der Waals surface area contributed by atoms with E-state index in [0.29, 0.717) is 0 Å². The Hall–Kier alpha value is -0.630. The molecule has 0 radical (unpaired) electrons. The maximum absolute atomic E-state index is 5.82. The second-order valence-corrected chi connectivity index (χ2v) is 4.35. The lowest BCUT2D eigenvalue weighted by Gasteiger charge is -2.13. The van der Waals surface area contributed by atoms with Gasteiger partial charge in [0.1, 0.15) is 5.69 Å². The number of hydrogen-bond donors (Lipinski definition) is 1. The van der Waals surface area contributed by atoms with Gasteiger partial charge in [0.2, 0.25) is 0 Å². The van der Waals surface area contributed by atoms with Crippen molar-refractivity contribution in [2.45, 2.75) is 6.92 Å². The molecule has 0 aromatic carbocycles. The predicted molar refractivity (Wildman–Crippen MR) is 63.0 cm³/mol. The molecule has 0 amide bonds. The Morgan fingerprint density at radius 2 is 2.21 bits per heavy atom. The Bertz CT molecular complexity index is 395. The molecule has 0 unspecified atom stereocenters. The first-order valence-corrected chi connectivity index (χ1v) is 5.45. The molecule has 1 aliphatic rings. The summed E-state index contributed by atoms with van der Waals surface area (Å²) in [6, 6.07) is 0. The van der Waals surface area contributed by atoms with Gasteiger partial charge in [-0.25, -0.2) is 5.84 Å². The van der Waals surface area contributed by atoms with Gasteiger partial charge >= 0.3 is 0 Å². The molecule has 1 aromatic rings. The second-order valence-electron chi connectivity index (χ2n) is 3.27. The highest BCUT2D eigenvalue weighted by molar-refractivity contribution is 14.1. The van der Waals surface area contributed by atoms with Crippen LogP contribution in [0.25, 0.3) is 0 Å². The highest BCUT2D eigenvalue weighted by Gasteiger charge is 2.22. The zero-order valence-electron chi connectivity index (χ0n) is 8.16. The van der Waals surface area contributed by atoms with Crippen LogP contribution >= 0.6 is 22.6 Å². The van der Waals surface area contributed by atoms with Crippen LogP contribution in [-0.4, -0.2) is 33.7 Å². The van der Waals surface area contributed by atoms with Gasteiger partial charge in [0.05, 0.1) is 22.4 Å². The van der Waals surface area contributed by atoms with Crippen LogP contribution in [0.3, 0.4) is 0 Å². The van der Waals surface area contributed by atoms with Gasteiger partial charge < -0.3 is 0 Å². The number of nitrogens with two attached hydrogens (primary N) is 1. The van der Waals surface area contributed by atoms with E-state index in [2.05, 4.69) is 32.7 Å². The lowest BCUT2D eigenvalue weighted by atomic mass is 10.3. The molecule has 0 spiro atoms. The van der Waals surface area contributed by atoms with Crippen molar-refractivity contribution >= 4 is 28.4 Å². The van der Waals surface area contributed by atoms with Crippen molar-refractivity contribution in [3.63, 3.8) is 0 Å². The highest BCUT2D eigenvalue weighted by Crippen LogP contribution is 2.18. The van der Waals surface area contributed by atoms with E-state index in [-0.39, 0.29) is 0 Å². The van der Waals surface area contributed by atoms with Crippen molar-refractivity contribution < 1.29 is 0 Å². The highest BCUT2D eigenvalue weighted by atomic mass is 127. The molecule has 76 valence electrons. The normalized spacial score (nSPS) is 16.3. The van der Waals surface area contributed by atoms with Gasteiger partial charge in [0.15, 0.2) is 5.84 Å². The van der Waals surface area contributed by atoms with Crippen LogP contribution in [0.4, 0.5) is 0 Å². The summed E-state index contributed by atoms with van der Waals surface area (Å²) >= 11 is 2.28. The van der Waals surface area contributed by atoms with Crippen LogP contribution in [0.5, 0.6) is 0 Å². The van der Waals surface area contributed by atoms with Crippen LogP contribution in [0.1, 0.15) is 11.4 Å². The third-order valence-electron chi connectivity index (χ3n) is 2.24. The smallest absolute Gasteiger partial charge is 0.165 e. The fourth-order valence-corrected chi connectivity index (χ4v) is 2.24. The minimum atomic E-state index is 0.770. The molecule has 2 N–H and O–H groups in total. The molecule has 14 heavy (non-hydrogen) atoms. The maximum Gasteiger partial charge on any atom is 0.165 e. The molecule has 1 aromatic heterocycles. The quantitative estimate of drug-likeness (QED) is 0.598. The summed E-state index contributed by atoms with van der Waals surface area (Å²) in [7, 11) is 1.92. The largest absolute Gasteiger partial charge is 0.291 e. The molecule has 0 fully saturated rings. The van der Waals surface area contributed by atoms with E-state index in [4.69, 9.17) is 5.84 Å². The van der Waals surface area contributed by atoms with Crippen molar-refractivity contribution in [3.05, 3.63) is 15.0 Å². The third-order valence-corrected chi connectivity index (χ3v) is 3.53. The van der Waals surface area contributed by atoms with Crippen LogP contribution < -0.4 is 5.84 Å². The van der Waals surface area contributed by atoms with Gasteiger partial charge in [0.25, 0.3) is 0 Å². The molecular weight excluding hydrogens is 293 g/mol.